The number of fused-ring (bicyclic) bond motifs is 1. The average molecular weight is 267 g/mol. The van der Waals surface area contributed by atoms with Crippen LogP contribution < -0.4 is 11.3 Å². The fraction of sp³-hybridized carbons (Fsp3) is 0.200. The number of nitrogens with one attached hydrogen (secondary N) is 1. The monoisotopic (exact) mass is 267 g/mol. The van der Waals surface area contributed by atoms with Crippen LogP contribution in [0.2, 0.25) is 0 Å². The molecule has 0 aliphatic carbocycles. The van der Waals surface area contributed by atoms with E-state index in [1.807, 2.05) is 37.5 Å². The van der Waals surface area contributed by atoms with Crippen LogP contribution in [0.15, 0.2) is 48.8 Å². The molecule has 1 atom stereocenters. The fourth-order valence-corrected chi connectivity index (χ4v) is 2.47. The molecule has 0 aliphatic rings. The van der Waals surface area contributed by atoms with Crippen LogP contribution >= 0.6 is 0 Å². The third-order valence-corrected chi connectivity index (χ3v) is 3.44. The van der Waals surface area contributed by atoms with Crippen molar-refractivity contribution in [2.75, 3.05) is 0 Å². The van der Waals surface area contributed by atoms with E-state index >= 15 is 0 Å². The van der Waals surface area contributed by atoms with Gasteiger partial charge in [-0.25, -0.2) is 0 Å². The van der Waals surface area contributed by atoms with Crippen molar-refractivity contribution in [2.45, 2.75) is 12.5 Å². The van der Waals surface area contributed by atoms with Gasteiger partial charge >= 0.3 is 0 Å². The Labute approximate surface area is 117 Å². The third-order valence-electron chi connectivity index (χ3n) is 3.44. The Hall–Kier alpha value is -2.24. The highest BCUT2D eigenvalue weighted by Gasteiger charge is 2.15. The maximum absolute atomic E-state index is 5.75. The van der Waals surface area contributed by atoms with Gasteiger partial charge in [-0.05, 0) is 23.8 Å². The molecule has 0 radical (unpaired) electrons. The van der Waals surface area contributed by atoms with E-state index in [-0.39, 0.29) is 6.04 Å². The first-order valence-corrected chi connectivity index (χ1v) is 6.56. The van der Waals surface area contributed by atoms with E-state index in [9.17, 15) is 0 Å². The molecule has 3 aromatic rings. The van der Waals surface area contributed by atoms with Crippen LogP contribution in [0.3, 0.4) is 0 Å². The number of nitrogens with two attached hydrogens (primary N) is 1. The Morgan fingerprint density at radius 3 is 2.90 bits per heavy atom. The number of pyridine rings is 1. The smallest absolute Gasteiger partial charge is 0.0705 e. The molecule has 0 bridgehead atoms. The van der Waals surface area contributed by atoms with Gasteiger partial charge in [-0.3, -0.25) is 20.9 Å². The molecule has 0 spiro atoms. The van der Waals surface area contributed by atoms with Gasteiger partial charge in [0.2, 0.25) is 0 Å². The van der Waals surface area contributed by atoms with Crippen LogP contribution in [0, 0.1) is 0 Å². The molecule has 5 nitrogen and oxygen atoms in total. The Morgan fingerprint density at radius 1 is 1.25 bits per heavy atom. The number of aromatic nitrogens is 3. The number of hydrogen-bond donors (Lipinski definition) is 2. The van der Waals surface area contributed by atoms with Crippen LogP contribution in [0.5, 0.6) is 0 Å². The summed E-state index contributed by atoms with van der Waals surface area (Å²) in [5.74, 6) is 5.75. The summed E-state index contributed by atoms with van der Waals surface area (Å²) in [7, 11) is 1.91. The molecule has 3 rings (SSSR count). The SMILES string of the molecule is Cn1ccc(CC(NN)c2cccc3ncccc23)n1. The topological polar surface area (TPSA) is 68.8 Å². The molecule has 0 saturated heterocycles. The number of hydrogen-bond acceptors (Lipinski definition) is 4. The van der Waals surface area contributed by atoms with Gasteiger partial charge in [0.15, 0.2) is 0 Å². The van der Waals surface area contributed by atoms with Crippen molar-refractivity contribution in [3.05, 3.63) is 60.0 Å². The Kier molecular flexibility index (Phi) is 3.45. The summed E-state index contributed by atoms with van der Waals surface area (Å²) in [5, 5.41) is 5.53. The van der Waals surface area contributed by atoms with E-state index in [0.717, 1.165) is 28.6 Å². The summed E-state index contributed by atoms with van der Waals surface area (Å²) in [6.45, 7) is 0. The van der Waals surface area contributed by atoms with E-state index in [0.29, 0.717) is 0 Å². The number of aryl methyl sites for hydroxylation is 1. The lowest BCUT2D eigenvalue weighted by Gasteiger charge is -2.17. The molecule has 0 aliphatic heterocycles. The molecular formula is C15H17N5. The molecule has 1 aromatic carbocycles. The minimum Gasteiger partial charge on any atom is -0.276 e. The lowest BCUT2D eigenvalue weighted by molar-refractivity contribution is 0.544. The number of hydrazine groups is 1. The van der Waals surface area contributed by atoms with Gasteiger partial charge in [0.05, 0.1) is 17.3 Å². The summed E-state index contributed by atoms with van der Waals surface area (Å²) in [4.78, 5) is 4.38. The first kappa shape index (κ1) is 12.8. The van der Waals surface area contributed by atoms with Crippen molar-refractivity contribution in [1.82, 2.24) is 20.2 Å². The van der Waals surface area contributed by atoms with E-state index < -0.39 is 0 Å². The molecule has 0 fully saturated rings. The lowest BCUT2D eigenvalue weighted by Crippen LogP contribution is -2.29. The van der Waals surface area contributed by atoms with Crippen molar-refractivity contribution in [3.8, 4) is 0 Å². The van der Waals surface area contributed by atoms with Crippen LogP contribution in [0.4, 0.5) is 0 Å². The molecular weight excluding hydrogens is 250 g/mol. The normalized spacial score (nSPS) is 12.7. The highest BCUT2D eigenvalue weighted by Crippen LogP contribution is 2.24. The molecule has 2 aromatic heterocycles. The van der Waals surface area contributed by atoms with Crippen molar-refractivity contribution in [3.63, 3.8) is 0 Å². The summed E-state index contributed by atoms with van der Waals surface area (Å²) in [5.41, 5.74) is 6.02. The predicted molar refractivity (Wildman–Crippen MR) is 78.7 cm³/mol. The molecule has 5 heteroatoms. The Morgan fingerprint density at radius 2 is 2.15 bits per heavy atom. The second kappa shape index (κ2) is 5.40. The zero-order valence-electron chi connectivity index (χ0n) is 11.3. The van der Waals surface area contributed by atoms with E-state index in [4.69, 9.17) is 5.84 Å². The van der Waals surface area contributed by atoms with Gasteiger partial charge in [-0.15, -0.1) is 0 Å². The van der Waals surface area contributed by atoms with Gasteiger partial charge in [-0.1, -0.05) is 18.2 Å². The average Bonchev–Trinajstić information content (AvgIpc) is 2.89. The van der Waals surface area contributed by atoms with Gasteiger partial charge < -0.3 is 0 Å². The predicted octanol–water partition coefficient (Wildman–Crippen LogP) is 1.72. The maximum Gasteiger partial charge on any atom is 0.0705 e. The molecule has 0 saturated carbocycles. The molecule has 1 unspecified atom stereocenters. The van der Waals surface area contributed by atoms with Crippen molar-refractivity contribution in [2.24, 2.45) is 12.9 Å². The van der Waals surface area contributed by atoms with Crippen molar-refractivity contribution in [1.29, 1.82) is 0 Å². The van der Waals surface area contributed by atoms with E-state index in [2.05, 4.69) is 27.6 Å². The standard InChI is InChI=1S/C15H17N5/c1-20-9-7-11(19-20)10-15(18-16)13-4-2-6-14-12(13)5-3-8-17-14/h2-9,15,18H,10,16H2,1H3. The van der Waals surface area contributed by atoms with E-state index in [1.165, 1.54) is 0 Å². The second-order valence-electron chi connectivity index (χ2n) is 4.82. The molecule has 2 heterocycles. The third kappa shape index (κ3) is 2.41. The van der Waals surface area contributed by atoms with Gasteiger partial charge in [0.25, 0.3) is 0 Å². The molecule has 3 N–H and O–H groups in total. The Bertz CT molecular complexity index is 714. The zero-order valence-corrected chi connectivity index (χ0v) is 11.3. The highest BCUT2D eigenvalue weighted by atomic mass is 15.3. The van der Waals surface area contributed by atoms with Crippen molar-refractivity contribution >= 4 is 10.9 Å². The quantitative estimate of drug-likeness (QED) is 0.558. The minimum atomic E-state index is 0.0119. The first-order valence-electron chi connectivity index (χ1n) is 6.56. The Balaban J connectivity index is 1.98. The van der Waals surface area contributed by atoms with Crippen LogP contribution in [-0.4, -0.2) is 14.8 Å². The van der Waals surface area contributed by atoms with Gasteiger partial charge in [0, 0.05) is 31.2 Å². The fourth-order valence-electron chi connectivity index (χ4n) is 2.47. The highest BCUT2D eigenvalue weighted by molar-refractivity contribution is 5.82. The summed E-state index contributed by atoms with van der Waals surface area (Å²) in [6.07, 6.45) is 4.48. The summed E-state index contributed by atoms with van der Waals surface area (Å²) in [6, 6.07) is 12.1. The number of benzene rings is 1. The van der Waals surface area contributed by atoms with Crippen LogP contribution in [-0.2, 0) is 13.5 Å². The lowest BCUT2D eigenvalue weighted by atomic mass is 9.98. The van der Waals surface area contributed by atoms with Crippen LogP contribution in [0.25, 0.3) is 10.9 Å². The zero-order chi connectivity index (χ0) is 13.9. The summed E-state index contributed by atoms with van der Waals surface area (Å²) < 4.78 is 1.80. The van der Waals surface area contributed by atoms with Crippen LogP contribution in [0.1, 0.15) is 17.3 Å². The number of rotatable bonds is 4. The number of nitrogens with zero attached hydrogens (tertiary/aromatic N) is 3. The molecule has 0 amide bonds. The van der Waals surface area contributed by atoms with E-state index in [1.54, 1.807) is 10.9 Å². The van der Waals surface area contributed by atoms with Gasteiger partial charge in [-0.2, -0.15) is 5.10 Å². The summed E-state index contributed by atoms with van der Waals surface area (Å²) >= 11 is 0. The second-order valence-corrected chi connectivity index (χ2v) is 4.82. The molecule has 20 heavy (non-hydrogen) atoms. The van der Waals surface area contributed by atoms with Crippen molar-refractivity contribution < 1.29 is 0 Å². The first-order chi connectivity index (χ1) is 9.78. The maximum atomic E-state index is 5.75. The minimum absolute atomic E-state index is 0.0119. The largest absolute Gasteiger partial charge is 0.276 e. The molecule has 102 valence electrons. The van der Waals surface area contributed by atoms with Gasteiger partial charge in [0.1, 0.15) is 0 Å².